The summed E-state index contributed by atoms with van der Waals surface area (Å²) in [5.74, 6) is -1.56. The first-order chi connectivity index (χ1) is 11.2. The molecule has 3 N–H and O–H groups in total. The maximum atomic E-state index is 12.4. The van der Waals surface area contributed by atoms with E-state index >= 15 is 0 Å². The molecule has 6 heteroatoms. The third kappa shape index (κ3) is 3.69. The van der Waals surface area contributed by atoms with Crippen LogP contribution in [0.1, 0.15) is 39.2 Å². The van der Waals surface area contributed by atoms with Gasteiger partial charge in [-0.05, 0) is 37.5 Å². The Morgan fingerprint density at radius 2 is 1.83 bits per heavy atom. The van der Waals surface area contributed by atoms with E-state index in [0.717, 1.165) is 0 Å². The highest BCUT2D eigenvalue weighted by atomic mass is 16.5. The molecule has 0 aliphatic heterocycles. The van der Waals surface area contributed by atoms with Crippen LogP contribution in [0.2, 0.25) is 0 Å². The topological polar surface area (TPSA) is 95.9 Å². The third-order valence-corrected chi connectivity index (χ3v) is 4.46. The van der Waals surface area contributed by atoms with Crippen LogP contribution in [0.3, 0.4) is 0 Å². The number of phenols is 2. The van der Waals surface area contributed by atoms with Gasteiger partial charge >= 0.3 is 5.97 Å². The van der Waals surface area contributed by atoms with E-state index in [9.17, 15) is 19.8 Å². The zero-order valence-electron chi connectivity index (χ0n) is 14.5. The molecule has 0 saturated heterocycles. The van der Waals surface area contributed by atoms with Crippen LogP contribution in [0.15, 0.2) is 30.4 Å². The summed E-state index contributed by atoms with van der Waals surface area (Å²) in [6.07, 6.45) is 1.01. The van der Waals surface area contributed by atoms with Crippen molar-refractivity contribution in [1.82, 2.24) is 5.32 Å². The lowest BCUT2D eigenvalue weighted by Gasteiger charge is -2.39. The number of hydrogen-bond donors (Lipinski definition) is 3. The van der Waals surface area contributed by atoms with Crippen molar-refractivity contribution in [3.8, 4) is 11.5 Å². The molecule has 0 heterocycles. The molecule has 0 bridgehead atoms. The maximum Gasteiger partial charge on any atom is 0.329 e. The van der Waals surface area contributed by atoms with E-state index in [4.69, 9.17) is 4.74 Å². The molecule has 1 aromatic rings. The van der Waals surface area contributed by atoms with Crippen LogP contribution >= 0.6 is 0 Å². The summed E-state index contributed by atoms with van der Waals surface area (Å²) < 4.78 is 4.88. The summed E-state index contributed by atoms with van der Waals surface area (Å²) in [6.45, 7) is 8.91. The van der Waals surface area contributed by atoms with Gasteiger partial charge < -0.3 is 20.3 Å². The van der Waals surface area contributed by atoms with E-state index in [1.165, 1.54) is 19.2 Å². The zero-order chi connectivity index (χ0) is 18.5. The van der Waals surface area contributed by atoms with Crippen molar-refractivity contribution in [2.45, 2.75) is 45.1 Å². The van der Waals surface area contributed by atoms with Crippen molar-refractivity contribution < 1.29 is 24.5 Å². The summed E-state index contributed by atoms with van der Waals surface area (Å²) in [4.78, 5) is 24.5. The first-order valence-corrected chi connectivity index (χ1v) is 7.80. The largest absolute Gasteiger partial charge is 0.504 e. The van der Waals surface area contributed by atoms with E-state index in [0.29, 0.717) is 18.4 Å². The molecule has 1 rings (SSSR count). The lowest BCUT2D eigenvalue weighted by atomic mass is 9.69. The number of carbonyl (C=O) groups excluding carboxylic acids is 2. The summed E-state index contributed by atoms with van der Waals surface area (Å²) >= 11 is 0. The molecule has 0 fully saturated rings. The number of hydrogen-bond acceptors (Lipinski definition) is 5. The van der Waals surface area contributed by atoms with Crippen LogP contribution < -0.4 is 5.32 Å². The Morgan fingerprint density at radius 1 is 1.25 bits per heavy atom. The first kappa shape index (κ1) is 19.5. The average molecular weight is 335 g/mol. The van der Waals surface area contributed by atoms with Crippen LogP contribution in [0.5, 0.6) is 11.5 Å². The fourth-order valence-corrected chi connectivity index (χ4v) is 2.86. The van der Waals surface area contributed by atoms with Crippen LogP contribution in [-0.4, -0.2) is 35.2 Å². The number of rotatable bonds is 7. The van der Waals surface area contributed by atoms with Crippen LogP contribution in [0.4, 0.5) is 0 Å². The number of phenolic OH excluding ortho intramolecular Hbond substituents is 2. The molecule has 0 aliphatic rings. The predicted octanol–water partition coefficient (Wildman–Crippen LogP) is 2.39. The number of esters is 1. The first-order valence-electron chi connectivity index (χ1n) is 7.80. The minimum Gasteiger partial charge on any atom is -0.504 e. The molecule has 0 aliphatic carbocycles. The van der Waals surface area contributed by atoms with E-state index in [1.807, 2.05) is 13.8 Å². The third-order valence-electron chi connectivity index (χ3n) is 4.46. The number of carbonyl (C=O) groups is 2. The molecule has 0 radical (unpaired) electrons. The molecule has 24 heavy (non-hydrogen) atoms. The van der Waals surface area contributed by atoms with Gasteiger partial charge in [0.1, 0.15) is 6.04 Å². The Labute approximate surface area is 142 Å². The van der Waals surface area contributed by atoms with E-state index in [2.05, 4.69) is 11.9 Å². The monoisotopic (exact) mass is 335 g/mol. The molecule has 1 aromatic carbocycles. The van der Waals surface area contributed by atoms with Gasteiger partial charge in [0.2, 0.25) is 5.91 Å². The van der Waals surface area contributed by atoms with E-state index < -0.39 is 23.3 Å². The summed E-state index contributed by atoms with van der Waals surface area (Å²) in [7, 11) is 1.26. The molecule has 6 nitrogen and oxygen atoms in total. The normalized spacial score (nSPS) is 12.3. The summed E-state index contributed by atoms with van der Waals surface area (Å²) in [5.41, 5.74) is 0.0994. The van der Waals surface area contributed by atoms with Crippen molar-refractivity contribution in [1.29, 1.82) is 0 Å². The second-order valence-electron chi connectivity index (χ2n) is 5.78. The molecular formula is C18H25NO5. The van der Waals surface area contributed by atoms with Gasteiger partial charge in [-0.3, -0.25) is 4.79 Å². The van der Waals surface area contributed by atoms with Gasteiger partial charge in [0.15, 0.2) is 11.5 Å². The number of amides is 1. The van der Waals surface area contributed by atoms with Crippen molar-refractivity contribution in [3.05, 3.63) is 35.9 Å². The minimum atomic E-state index is -0.953. The van der Waals surface area contributed by atoms with Crippen molar-refractivity contribution in [2.24, 2.45) is 0 Å². The number of aromatic hydroxyl groups is 2. The second-order valence-corrected chi connectivity index (χ2v) is 5.78. The van der Waals surface area contributed by atoms with Gasteiger partial charge in [0.25, 0.3) is 0 Å². The smallest absolute Gasteiger partial charge is 0.329 e. The van der Waals surface area contributed by atoms with Gasteiger partial charge in [-0.15, -0.1) is 0 Å². The molecule has 0 aromatic heterocycles. The highest BCUT2D eigenvalue weighted by molar-refractivity contribution is 5.95. The van der Waals surface area contributed by atoms with Crippen molar-refractivity contribution in [3.63, 3.8) is 0 Å². The van der Waals surface area contributed by atoms with Gasteiger partial charge in [-0.2, -0.15) is 0 Å². The van der Waals surface area contributed by atoms with Crippen molar-refractivity contribution in [2.75, 3.05) is 7.11 Å². The summed E-state index contributed by atoms with van der Waals surface area (Å²) in [6, 6.07) is 3.45. The fraction of sp³-hybridized carbons (Fsp3) is 0.444. The number of methoxy groups -OCH3 is 1. The highest BCUT2D eigenvalue weighted by Crippen LogP contribution is 2.39. The highest BCUT2D eigenvalue weighted by Gasteiger charge is 2.44. The lowest BCUT2D eigenvalue weighted by molar-refractivity contribution is -0.147. The van der Waals surface area contributed by atoms with Gasteiger partial charge in [0, 0.05) is 11.0 Å². The van der Waals surface area contributed by atoms with Gasteiger partial charge in [-0.25, -0.2) is 4.79 Å². The molecule has 0 saturated carbocycles. The van der Waals surface area contributed by atoms with E-state index in [-0.39, 0.29) is 17.1 Å². The Balaban J connectivity index is 3.47. The quantitative estimate of drug-likeness (QED) is 0.404. The Bertz CT molecular complexity index is 634. The minimum absolute atomic E-state index is 0.250. The number of benzene rings is 1. The average Bonchev–Trinajstić information content (AvgIpc) is 2.57. The van der Waals surface area contributed by atoms with Crippen LogP contribution in [0, 0.1) is 0 Å². The molecule has 1 amide bonds. The Kier molecular flexibility index (Phi) is 6.40. The van der Waals surface area contributed by atoms with Crippen LogP contribution in [-0.2, 0) is 19.7 Å². The van der Waals surface area contributed by atoms with Gasteiger partial charge in [0.05, 0.1) is 7.11 Å². The molecule has 1 atom stereocenters. The number of ether oxygens (including phenoxy) is 1. The summed E-state index contributed by atoms with van der Waals surface area (Å²) in [5, 5.41) is 22.1. The van der Waals surface area contributed by atoms with E-state index in [1.54, 1.807) is 13.0 Å². The molecular weight excluding hydrogens is 310 g/mol. The fourth-order valence-electron chi connectivity index (χ4n) is 2.86. The molecule has 0 spiro atoms. The standard InChI is InChI=1S/C18H25NO5/c1-6-18(7-2,12-8-9-13(20)14(21)10-12)15(17(23)24-5)19-16(22)11(3)4/h8-10,15,20-21H,3,6-7H2,1-2,4-5H3,(H,19,22). The van der Waals surface area contributed by atoms with Gasteiger partial charge in [-0.1, -0.05) is 26.5 Å². The Morgan fingerprint density at radius 3 is 2.25 bits per heavy atom. The second kappa shape index (κ2) is 7.86. The van der Waals surface area contributed by atoms with Crippen molar-refractivity contribution >= 4 is 11.9 Å². The molecule has 1 unspecified atom stereocenters. The molecule has 132 valence electrons. The predicted molar refractivity (Wildman–Crippen MR) is 90.8 cm³/mol. The number of nitrogens with one attached hydrogen (secondary N) is 1. The lowest BCUT2D eigenvalue weighted by Crippen LogP contribution is -2.55. The zero-order valence-corrected chi connectivity index (χ0v) is 14.5. The SMILES string of the molecule is C=C(C)C(=O)NC(C(=O)OC)C(CC)(CC)c1ccc(O)c(O)c1. The van der Waals surface area contributed by atoms with Crippen LogP contribution in [0.25, 0.3) is 0 Å². The maximum absolute atomic E-state index is 12.4. The Hall–Kier alpha value is -2.50.